The molecular weight excluding hydrogens is 306 g/mol. The van der Waals surface area contributed by atoms with Crippen molar-refractivity contribution in [2.75, 3.05) is 32.7 Å². The van der Waals surface area contributed by atoms with E-state index in [1.54, 1.807) is 0 Å². The number of hydrogen-bond donors (Lipinski definition) is 2. The van der Waals surface area contributed by atoms with E-state index in [1.165, 1.54) is 0 Å². The van der Waals surface area contributed by atoms with Crippen molar-refractivity contribution < 1.29 is 9.90 Å². The first-order chi connectivity index (χ1) is 11.7. The fourth-order valence-corrected chi connectivity index (χ4v) is 3.54. The van der Waals surface area contributed by atoms with Crippen LogP contribution >= 0.6 is 0 Å². The van der Waals surface area contributed by atoms with E-state index >= 15 is 0 Å². The predicted octanol–water partition coefficient (Wildman–Crippen LogP) is -0.299. The minimum Gasteiger partial charge on any atom is -0.392 e. The highest BCUT2D eigenvalue weighted by atomic mass is 16.3. The lowest BCUT2D eigenvalue weighted by molar-refractivity contribution is -0.135. The average molecular weight is 329 g/mol. The summed E-state index contributed by atoms with van der Waals surface area (Å²) < 4.78 is 2.03. The fourth-order valence-electron chi connectivity index (χ4n) is 3.54. The zero-order valence-electron chi connectivity index (χ0n) is 13.6. The molecule has 0 saturated carbocycles. The molecule has 0 aromatic carbocycles. The average Bonchev–Trinajstić information content (AvgIpc) is 3.20. The van der Waals surface area contributed by atoms with Crippen LogP contribution in [0.1, 0.15) is 12.1 Å². The van der Waals surface area contributed by atoms with E-state index in [0.717, 1.165) is 44.1 Å². The third kappa shape index (κ3) is 3.15. The molecule has 1 amide bonds. The normalized spacial score (nSPS) is 25.5. The first kappa shape index (κ1) is 15.6. The van der Waals surface area contributed by atoms with Gasteiger partial charge in [-0.3, -0.25) is 9.69 Å². The number of imidazole rings is 1. The molecule has 128 valence electrons. The largest absolute Gasteiger partial charge is 0.392 e. The van der Waals surface area contributed by atoms with E-state index in [-0.39, 0.29) is 11.9 Å². The molecule has 2 aromatic rings. The Bertz CT molecular complexity index is 690. The van der Waals surface area contributed by atoms with E-state index in [4.69, 9.17) is 0 Å². The van der Waals surface area contributed by atoms with Gasteiger partial charge < -0.3 is 19.7 Å². The van der Waals surface area contributed by atoms with Crippen LogP contribution in [0, 0.1) is 0 Å². The highest BCUT2D eigenvalue weighted by molar-refractivity contribution is 5.82. The van der Waals surface area contributed by atoms with Crippen molar-refractivity contribution in [1.82, 2.24) is 24.5 Å². The summed E-state index contributed by atoms with van der Waals surface area (Å²) in [5, 5.41) is 12.7. The molecule has 2 N–H and O–H groups in total. The Morgan fingerprint density at radius 1 is 1.29 bits per heavy atom. The summed E-state index contributed by atoms with van der Waals surface area (Å²) in [5.41, 5.74) is 2.02. The molecule has 7 nitrogen and oxygen atoms in total. The zero-order chi connectivity index (χ0) is 16.5. The molecule has 24 heavy (non-hydrogen) atoms. The maximum Gasteiger partial charge on any atom is 0.239 e. The number of aliphatic hydroxyl groups is 1. The predicted molar refractivity (Wildman–Crippen MR) is 89.5 cm³/mol. The number of aliphatic hydroxyl groups excluding tert-OH is 1. The molecule has 2 aliphatic heterocycles. The first-order valence-electron chi connectivity index (χ1n) is 8.54. The van der Waals surface area contributed by atoms with Gasteiger partial charge in [0.1, 0.15) is 5.65 Å². The van der Waals surface area contributed by atoms with Crippen LogP contribution in [0.4, 0.5) is 0 Å². The third-order valence-electron chi connectivity index (χ3n) is 4.89. The number of β-amino-alcohol motifs (C(OH)–C–C–N with tert-alkyl or cyclic N) is 1. The number of nitrogens with one attached hydrogen (secondary N) is 1. The van der Waals surface area contributed by atoms with Crippen molar-refractivity contribution in [3.05, 3.63) is 36.3 Å². The second-order valence-electron chi connectivity index (χ2n) is 6.65. The van der Waals surface area contributed by atoms with Gasteiger partial charge in [0.25, 0.3) is 0 Å². The van der Waals surface area contributed by atoms with E-state index in [9.17, 15) is 9.90 Å². The van der Waals surface area contributed by atoms with Gasteiger partial charge in [0.05, 0.1) is 17.8 Å². The van der Waals surface area contributed by atoms with Crippen LogP contribution in [0.15, 0.2) is 30.6 Å². The maximum atomic E-state index is 12.4. The van der Waals surface area contributed by atoms with Crippen LogP contribution < -0.4 is 5.32 Å². The number of hydrogen-bond acceptors (Lipinski definition) is 5. The Hall–Kier alpha value is -1.96. The van der Waals surface area contributed by atoms with Gasteiger partial charge >= 0.3 is 0 Å². The molecule has 2 atom stereocenters. The van der Waals surface area contributed by atoms with Crippen molar-refractivity contribution in [2.24, 2.45) is 0 Å². The number of fused-ring (bicyclic) bond motifs is 1. The highest BCUT2D eigenvalue weighted by Crippen LogP contribution is 2.13. The van der Waals surface area contributed by atoms with E-state index in [2.05, 4.69) is 21.4 Å². The Labute approximate surface area is 140 Å². The summed E-state index contributed by atoms with van der Waals surface area (Å²) >= 11 is 0. The van der Waals surface area contributed by atoms with Crippen LogP contribution in [0.2, 0.25) is 0 Å². The first-order valence-corrected chi connectivity index (χ1v) is 8.54. The van der Waals surface area contributed by atoms with Gasteiger partial charge in [0.2, 0.25) is 5.91 Å². The van der Waals surface area contributed by atoms with E-state index in [0.29, 0.717) is 13.0 Å². The number of carbonyl (C=O) groups is 1. The lowest BCUT2D eigenvalue weighted by atomic mass is 10.1. The van der Waals surface area contributed by atoms with E-state index < -0.39 is 6.10 Å². The third-order valence-corrected chi connectivity index (χ3v) is 4.89. The fraction of sp³-hybridized carbons (Fsp3) is 0.529. The topological polar surface area (TPSA) is 73.1 Å². The number of rotatable bonds is 3. The summed E-state index contributed by atoms with van der Waals surface area (Å²) in [5.74, 6) is 0.124. The number of nitrogens with zero attached hydrogens (tertiary/aromatic N) is 4. The molecule has 7 heteroatoms. The van der Waals surface area contributed by atoms with Crippen molar-refractivity contribution in [2.45, 2.75) is 25.1 Å². The second-order valence-corrected chi connectivity index (χ2v) is 6.65. The standard InChI is InChI=1S/C17H23N5O2/c23-14-9-15(18-10-14)17(24)21-7-5-20(6-8-21)11-13-12-22-4-2-1-3-16(22)19-13/h1-4,12,14-15,18,23H,5-11H2. The lowest BCUT2D eigenvalue weighted by Gasteiger charge is -2.35. The van der Waals surface area contributed by atoms with Gasteiger partial charge in [-0.25, -0.2) is 4.98 Å². The quantitative estimate of drug-likeness (QED) is 0.809. The Kier molecular flexibility index (Phi) is 4.22. The summed E-state index contributed by atoms with van der Waals surface area (Å²) in [7, 11) is 0. The van der Waals surface area contributed by atoms with Crippen molar-refractivity contribution in [3.8, 4) is 0 Å². The van der Waals surface area contributed by atoms with Crippen LogP contribution in [0.25, 0.3) is 5.65 Å². The summed E-state index contributed by atoms with van der Waals surface area (Å²) in [4.78, 5) is 21.3. The van der Waals surface area contributed by atoms with Crippen molar-refractivity contribution >= 4 is 11.6 Å². The van der Waals surface area contributed by atoms with Gasteiger partial charge in [-0.05, 0) is 18.6 Å². The van der Waals surface area contributed by atoms with Crippen LogP contribution in [-0.4, -0.2) is 75.1 Å². The van der Waals surface area contributed by atoms with Crippen LogP contribution in [0.3, 0.4) is 0 Å². The monoisotopic (exact) mass is 329 g/mol. The lowest BCUT2D eigenvalue weighted by Crippen LogP contribution is -2.52. The Morgan fingerprint density at radius 3 is 2.83 bits per heavy atom. The molecule has 0 radical (unpaired) electrons. The summed E-state index contributed by atoms with van der Waals surface area (Å²) in [6.45, 7) is 4.51. The maximum absolute atomic E-state index is 12.4. The molecule has 4 rings (SSSR count). The molecule has 2 aliphatic rings. The highest BCUT2D eigenvalue weighted by Gasteiger charge is 2.32. The smallest absolute Gasteiger partial charge is 0.239 e. The minimum atomic E-state index is -0.393. The molecule has 2 saturated heterocycles. The van der Waals surface area contributed by atoms with Crippen LogP contribution in [-0.2, 0) is 11.3 Å². The van der Waals surface area contributed by atoms with E-state index in [1.807, 2.05) is 33.7 Å². The number of aromatic nitrogens is 2. The van der Waals surface area contributed by atoms with Gasteiger partial charge in [0.15, 0.2) is 0 Å². The van der Waals surface area contributed by atoms with Gasteiger partial charge in [-0.1, -0.05) is 6.07 Å². The molecule has 0 bridgehead atoms. The molecule has 2 aromatic heterocycles. The number of amides is 1. The molecular formula is C17H23N5O2. The Morgan fingerprint density at radius 2 is 2.12 bits per heavy atom. The summed E-state index contributed by atoms with van der Waals surface area (Å²) in [6, 6.07) is 5.77. The zero-order valence-corrected chi connectivity index (χ0v) is 13.6. The minimum absolute atomic E-state index is 0.124. The number of carbonyl (C=O) groups excluding carboxylic acids is 1. The molecule has 0 spiro atoms. The molecule has 2 unspecified atom stereocenters. The van der Waals surface area contributed by atoms with Gasteiger partial charge in [-0.15, -0.1) is 0 Å². The van der Waals surface area contributed by atoms with Crippen LogP contribution in [0.5, 0.6) is 0 Å². The molecule has 0 aliphatic carbocycles. The van der Waals surface area contributed by atoms with Crippen molar-refractivity contribution in [3.63, 3.8) is 0 Å². The molecule has 2 fully saturated rings. The van der Waals surface area contributed by atoms with Gasteiger partial charge in [-0.2, -0.15) is 0 Å². The van der Waals surface area contributed by atoms with Gasteiger partial charge in [0, 0.05) is 51.7 Å². The Balaban J connectivity index is 1.32. The molecule has 4 heterocycles. The number of pyridine rings is 1. The number of piperazine rings is 1. The second kappa shape index (κ2) is 6.51. The summed E-state index contributed by atoms with van der Waals surface area (Å²) in [6.07, 6.45) is 4.21. The van der Waals surface area contributed by atoms with Crippen molar-refractivity contribution in [1.29, 1.82) is 0 Å². The SMILES string of the molecule is O=C(C1CC(O)CN1)N1CCN(Cc2cn3ccccc3n2)CC1.